The minimum atomic E-state index is -0.734. The van der Waals surface area contributed by atoms with Crippen molar-refractivity contribution in [3.8, 4) is 0 Å². The van der Waals surface area contributed by atoms with Crippen LogP contribution in [0.1, 0.15) is 45.6 Å². The molecule has 0 aromatic heterocycles. The van der Waals surface area contributed by atoms with Crippen LogP contribution in [-0.2, 0) is 14.3 Å². The van der Waals surface area contributed by atoms with Crippen LogP contribution in [0.15, 0.2) is 36.4 Å². The summed E-state index contributed by atoms with van der Waals surface area (Å²) in [6, 6.07) is 9.45. The average Bonchev–Trinajstić information content (AvgIpc) is 2.53. The van der Waals surface area contributed by atoms with Gasteiger partial charge in [0.25, 0.3) is 5.78 Å². The lowest BCUT2D eigenvalue weighted by Crippen LogP contribution is -2.37. The highest BCUT2D eigenvalue weighted by Gasteiger charge is 2.34. The van der Waals surface area contributed by atoms with Crippen LogP contribution >= 0.6 is 0 Å². The molecule has 1 saturated carbocycles. The molecule has 0 N–H and O–H groups in total. The number of ether oxygens (including phenoxy) is 1. The van der Waals surface area contributed by atoms with E-state index < -0.39 is 11.8 Å². The first-order valence-corrected chi connectivity index (χ1v) is 8.45. The second-order valence-electron chi connectivity index (χ2n) is 6.88. The minimum Gasteiger partial charge on any atom is -0.456 e. The van der Waals surface area contributed by atoms with Crippen LogP contribution in [0.4, 0.5) is 0 Å². The Kier molecular flexibility index (Phi) is 6.14. The number of hydrogen-bond acceptors (Lipinski definition) is 3. The summed E-state index contributed by atoms with van der Waals surface area (Å²) in [5.74, 6) is 0.0191. The molecule has 3 heteroatoms. The highest BCUT2D eigenvalue weighted by Crippen LogP contribution is 2.35. The number of esters is 1. The summed E-state index contributed by atoms with van der Waals surface area (Å²) in [7, 11) is 0. The van der Waals surface area contributed by atoms with E-state index in [-0.39, 0.29) is 6.10 Å². The lowest BCUT2D eigenvalue weighted by molar-refractivity contribution is -0.161. The van der Waals surface area contributed by atoms with Gasteiger partial charge < -0.3 is 4.74 Å². The van der Waals surface area contributed by atoms with Gasteiger partial charge in [0, 0.05) is 0 Å². The Hall–Kier alpha value is -1.90. The zero-order valence-corrected chi connectivity index (χ0v) is 14.2. The van der Waals surface area contributed by atoms with Gasteiger partial charge in [0.2, 0.25) is 0 Å². The molecule has 1 aliphatic rings. The second-order valence-corrected chi connectivity index (χ2v) is 6.88. The monoisotopic (exact) mass is 314 g/mol. The molecular formula is C20H26O3. The Bertz CT molecular complexity index is 560. The molecule has 0 spiro atoms. The summed E-state index contributed by atoms with van der Waals surface area (Å²) >= 11 is 0. The molecule has 1 aromatic carbocycles. The third-order valence-corrected chi connectivity index (χ3v) is 4.65. The number of carbonyl (C=O) groups is 2. The van der Waals surface area contributed by atoms with Crippen LogP contribution in [0, 0.1) is 17.8 Å². The molecule has 0 radical (unpaired) electrons. The van der Waals surface area contributed by atoms with E-state index in [9.17, 15) is 9.59 Å². The normalized spacial score (nSPS) is 24.8. The highest BCUT2D eigenvalue weighted by molar-refractivity contribution is 6.39. The molecule has 1 fully saturated rings. The van der Waals surface area contributed by atoms with Crippen LogP contribution in [0.5, 0.6) is 0 Å². The predicted octanol–water partition coefficient (Wildman–Crippen LogP) is 4.27. The maximum absolute atomic E-state index is 12.1. The lowest BCUT2D eigenvalue weighted by Gasteiger charge is -2.36. The van der Waals surface area contributed by atoms with Crippen molar-refractivity contribution in [3.05, 3.63) is 42.0 Å². The Morgan fingerprint density at radius 1 is 1.17 bits per heavy atom. The molecule has 0 bridgehead atoms. The largest absolute Gasteiger partial charge is 0.456 e. The van der Waals surface area contributed by atoms with Gasteiger partial charge in [0.1, 0.15) is 6.10 Å². The summed E-state index contributed by atoms with van der Waals surface area (Å²) in [6.07, 6.45) is 5.88. The number of rotatable bonds is 5. The Labute approximate surface area is 138 Å². The van der Waals surface area contributed by atoms with Crippen molar-refractivity contribution in [3.63, 3.8) is 0 Å². The summed E-state index contributed by atoms with van der Waals surface area (Å²) in [5, 5.41) is 0. The summed E-state index contributed by atoms with van der Waals surface area (Å²) in [6.45, 7) is 6.48. The van der Waals surface area contributed by atoms with E-state index in [4.69, 9.17) is 4.74 Å². The van der Waals surface area contributed by atoms with E-state index in [0.29, 0.717) is 17.8 Å². The first kappa shape index (κ1) is 17.5. The van der Waals surface area contributed by atoms with E-state index in [1.165, 1.54) is 12.5 Å². The van der Waals surface area contributed by atoms with Gasteiger partial charge in [0.05, 0.1) is 0 Å². The fourth-order valence-electron chi connectivity index (χ4n) is 3.25. The number of benzene rings is 1. The molecule has 0 aliphatic heterocycles. The fraction of sp³-hybridized carbons (Fsp3) is 0.500. The highest BCUT2D eigenvalue weighted by atomic mass is 16.5. The molecule has 0 amide bonds. The molecule has 3 nitrogen and oxygen atoms in total. The zero-order chi connectivity index (χ0) is 16.8. The zero-order valence-electron chi connectivity index (χ0n) is 14.2. The summed E-state index contributed by atoms with van der Waals surface area (Å²) < 4.78 is 5.55. The first-order valence-electron chi connectivity index (χ1n) is 8.45. The molecule has 23 heavy (non-hydrogen) atoms. The van der Waals surface area contributed by atoms with E-state index in [0.717, 1.165) is 18.4 Å². The van der Waals surface area contributed by atoms with Crippen molar-refractivity contribution in [2.24, 2.45) is 17.8 Å². The van der Waals surface area contributed by atoms with Gasteiger partial charge in [-0.3, -0.25) is 4.79 Å². The Morgan fingerprint density at radius 2 is 1.87 bits per heavy atom. The first-order chi connectivity index (χ1) is 11.0. The van der Waals surface area contributed by atoms with Gasteiger partial charge >= 0.3 is 5.97 Å². The van der Waals surface area contributed by atoms with Crippen LogP contribution in [0.2, 0.25) is 0 Å². The van der Waals surface area contributed by atoms with Gasteiger partial charge in [-0.2, -0.15) is 0 Å². The van der Waals surface area contributed by atoms with E-state index in [2.05, 4.69) is 20.8 Å². The van der Waals surface area contributed by atoms with E-state index >= 15 is 0 Å². The third kappa shape index (κ3) is 5.05. The smallest absolute Gasteiger partial charge is 0.379 e. The van der Waals surface area contributed by atoms with Crippen LogP contribution in [0.25, 0.3) is 6.08 Å². The molecule has 3 unspecified atom stereocenters. The average molecular weight is 314 g/mol. The molecule has 1 aromatic rings. The van der Waals surface area contributed by atoms with Gasteiger partial charge in [-0.15, -0.1) is 0 Å². The van der Waals surface area contributed by atoms with Crippen LogP contribution in [-0.4, -0.2) is 17.9 Å². The fourth-order valence-corrected chi connectivity index (χ4v) is 3.25. The molecular weight excluding hydrogens is 288 g/mol. The summed E-state index contributed by atoms with van der Waals surface area (Å²) in [4.78, 5) is 24.1. The van der Waals surface area contributed by atoms with Gasteiger partial charge in [-0.1, -0.05) is 63.6 Å². The molecule has 0 saturated heterocycles. The third-order valence-electron chi connectivity index (χ3n) is 4.65. The number of carbonyl (C=O) groups excluding carboxylic acids is 2. The van der Waals surface area contributed by atoms with Crippen molar-refractivity contribution in [1.82, 2.24) is 0 Å². The lowest BCUT2D eigenvalue weighted by atomic mass is 9.75. The van der Waals surface area contributed by atoms with Crippen molar-refractivity contribution in [2.45, 2.75) is 46.1 Å². The SMILES string of the molecule is CC1CCC(C(C)C)C(OC(=O)C(=O)/C=C/c2ccccc2)C1. The van der Waals surface area contributed by atoms with Crippen molar-refractivity contribution < 1.29 is 14.3 Å². The maximum Gasteiger partial charge on any atom is 0.379 e. The molecule has 0 heterocycles. The Balaban J connectivity index is 1.96. The van der Waals surface area contributed by atoms with E-state index in [1.807, 2.05) is 30.3 Å². The van der Waals surface area contributed by atoms with Crippen molar-refractivity contribution in [1.29, 1.82) is 0 Å². The van der Waals surface area contributed by atoms with Crippen molar-refractivity contribution in [2.75, 3.05) is 0 Å². The standard InChI is InChI=1S/C20H26O3/c1-14(2)17-11-9-15(3)13-19(17)23-20(22)18(21)12-10-16-7-5-4-6-8-16/h4-8,10,12,14-15,17,19H,9,11,13H2,1-3H3/b12-10+. The minimum absolute atomic E-state index is 0.139. The predicted molar refractivity (Wildman–Crippen MR) is 91.7 cm³/mol. The number of hydrogen-bond donors (Lipinski definition) is 0. The van der Waals surface area contributed by atoms with Crippen LogP contribution in [0.3, 0.4) is 0 Å². The van der Waals surface area contributed by atoms with Gasteiger partial charge in [-0.25, -0.2) is 4.79 Å². The number of ketones is 1. The maximum atomic E-state index is 12.1. The molecule has 2 rings (SSSR count). The van der Waals surface area contributed by atoms with Gasteiger partial charge in [-0.05, 0) is 42.2 Å². The van der Waals surface area contributed by atoms with Gasteiger partial charge in [0.15, 0.2) is 0 Å². The van der Waals surface area contributed by atoms with Crippen LogP contribution < -0.4 is 0 Å². The Morgan fingerprint density at radius 3 is 2.52 bits per heavy atom. The topological polar surface area (TPSA) is 43.4 Å². The van der Waals surface area contributed by atoms with E-state index in [1.54, 1.807) is 6.08 Å². The van der Waals surface area contributed by atoms with Crippen molar-refractivity contribution >= 4 is 17.8 Å². The quantitative estimate of drug-likeness (QED) is 0.463. The molecule has 3 atom stereocenters. The summed E-state index contributed by atoms with van der Waals surface area (Å²) in [5.41, 5.74) is 0.889. The molecule has 124 valence electrons. The molecule has 1 aliphatic carbocycles. The second kappa shape index (κ2) is 8.09.